The molecular weight excluding hydrogens is 212 g/mol. The van der Waals surface area contributed by atoms with Crippen molar-refractivity contribution in [1.82, 2.24) is 5.32 Å². The highest BCUT2D eigenvalue weighted by atomic mass is 16.2. The summed E-state index contributed by atoms with van der Waals surface area (Å²) in [4.78, 5) is 11.4. The number of nitrogens with two attached hydrogens (primary N) is 1. The maximum Gasteiger partial charge on any atom is 0.236 e. The van der Waals surface area contributed by atoms with Crippen LogP contribution in [0.5, 0.6) is 0 Å². The molecule has 0 radical (unpaired) electrons. The molecule has 0 bridgehead atoms. The Labute approximate surface area is 103 Å². The van der Waals surface area contributed by atoms with Crippen LogP contribution in [-0.2, 0) is 10.2 Å². The Morgan fingerprint density at radius 1 is 1.35 bits per heavy atom. The van der Waals surface area contributed by atoms with Gasteiger partial charge in [-0.1, -0.05) is 43.7 Å². The number of benzene rings is 1. The van der Waals surface area contributed by atoms with Crippen LogP contribution in [0.3, 0.4) is 0 Å². The molecule has 1 aromatic carbocycles. The molecule has 0 spiro atoms. The zero-order chi connectivity index (χ0) is 13.1. The number of carbonyl (C=O) groups is 1. The molecule has 1 atom stereocenters. The smallest absolute Gasteiger partial charge is 0.236 e. The summed E-state index contributed by atoms with van der Waals surface area (Å²) in [5.74, 6) is -0.106. The number of nitrogens with one attached hydrogen (secondary N) is 1. The van der Waals surface area contributed by atoms with Gasteiger partial charge in [-0.15, -0.1) is 0 Å². The van der Waals surface area contributed by atoms with E-state index in [0.29, 0.717) is 6.54 Å². The van der Waals surface area contributed by atoms with Gasteiger partial charge in [-0.3, -0.25) is 4.79 Å². The molecular formula is C14H22N2O. The highest BCUT2D eigenvalue weighted by molar-refractivity contribution is 5.81. The van der Waals surface area contributed by atoms with Crippen LogP contribution < -0.4 is 11.1 Å². The van der Waals surface area contributed by atoms with Crippen molar-refractivity contribution in [3.05, 3.63) is 35.4 Å². The monoisotopic (exact) mass is 234 g/mol. The van der Waals surface area contributed by atoms with E-state index in [1.807, 2.05) is 0 Å². The number of hydrogen-bond donors (Lipinski definition) is 2. The molecule has 1 rings (SSSR count). The molecule has 0 saturated heterocycles. The van der Waals surface area contributed by atoms with Crippen LogP contribution in [-0.4, -0.2) is 18.5 Å². The van der Waals surface area contributed by atoms with Gasteiger partial charge in [-0.2, -0.15) is 0 Å². The van der Waals surface area contributed by atoms with Gasteiger partial charge in [0.2, 0.25) is 5.91 Å². The highest BCUT2D eigenvalue weighted by Crippen LogP contribution is 2.22. The normalized spacial score (nSPS) is 13.2. The predicted octanol–water partition coefficient (Wildman–Crippen LogP) is 1.74. The fourth-order valence-electron chi connectivity index (χ4n) is 1.58. The van der Waals surface area contributed by atoms with E-state index in [1.54, 1.807) is 6.92 Å². The summed E-state index contributed by atoms with van der Waals surface area (Å²) in [6.07, 6.45) is 0. The Morgan fingerprint density at radius 2 is 1.88 bits per heavy atom. The van der Waals surface area contributed by atoms with E-state index in [1.165, 1.54) is 11.1 Å². The average Bonchev–Trinajstić information content (AvgIpc) is 2.26. The molecule has 94 valence electrons. The first-order valence-corrected chi connectivity index (χ1v) is 5.93. The number of amides is 1. The van der Waals surface area contributed by atoms with Gasteiger partial charge in [0.25, 0.3) is 0 Å². The van der Waals surface area contributed by atoms with Crippen LogP contribution in [0.1, 0.15) is 31.9 Å². The average molecular weight is 234 g/mol. The van der Waals surface area contributed by atoms with Crippen molar-refractivity contribution in [2.24, 2.45) is 5.73 Å². The number of aryl methyl sites for hydroxylation is 1. The Bertz CT molecular complexity index is 380. The molecule has 0 saturated carbocycles. The van der Waals surface area contributed by atoms with Crippen LogP contribution in [0.2, 0.25) is 0 Å². The molecule has 0 aliphatic carbocycles. The maximum atomic E-state index is 11.4. The van der Waals surface area contributed by atoms with Crippen molar-refractivity contribution in [1.29, 1.82) is 0 Å². The topological polar surface area (TPSA) is 55.1 Å². The van der Waals surface area contributed by atoms with Crippen molar-refractivity contribution in [3.8, 4) is 0 Å². The first-order valence-electron chi connectivity index (χ1n) is 5.93. The molecule has 0 aliphatic heterocycles. The molecule has 1 aromatic rings. The van der Waals surface area contributed by atoms with Gasteiger partial charge in [0.1, 0.15) is 0 Å². The third-order valence-electron chi connectivity index (χ3n) is 2.95. The largest absolute Gasteiger partial charge is 0.354 e. The molecule has 3 nitrogen and oxygen atoms in total. The van der Waals surface area contributed by atoms with Crippen molar-refractivity contribution in [3.63, 3.8) is 0 Å². The summed E-state index contributed by atoms with van der Waals surface area (Å²) in [6, 6.07) is 7.93. The zero-order valence-corrected chi connectivity index (χ0v) is 11.1. The lowest BCUT2D eigenvalue weighted by Crippen LogP contribution is -2.43. The van der Waals surface area contributed by atoms with Gasteiger partial charge < -0.3 is 11.1 Å². The Hall–Kier alpha value is -1.35. The number of hydrogen-bond acceptors (Lipinski definition) is 2. The third-order valence-corrected chi connectivity index (χ3v) is 2.95. The second-order valence-corrected chi connectivity index (χ2v) is 5.26. The zero-order valence-electron chi connectivity index (χ0n) is 11.1. The van der Waals surface area contributed by atoms with Crippen LogP contribution in [0.4, 0.5) is 0 Å². The van der Waals surface area contributed by atoms with E-state index in [9.17, 15) is 4.79 Å². The first-order chi connectivity index (χ1) is 7.83. The van der Waals surface area contributed by atoms with Crippen molar-refractivity contribution in [2.45, 2.75) is 39.2 Å². The molecule has 0 fully saturated rings. The Balaban J connectivity index is 2.68. The van der Waals surface area contributed by atoms with E-state index < -0.39 is 6.04 Å². The fraction of sp³-hybridized carbons (Fsp3) is 0.500. The second-order valence-electron chi connectivity index (χ2n) is 5.26. The minimum atomic E-state index is -0.455. The molecule has 3 heteroatoms. The SMILES string of the molecule is Cc1ccc(C(C)(C)CNC(=O)[C@H](C)N)cc1. The van der Waals surface area contributed by atoms with Crippen LogP contribution in [0, 0.1) is 6.92 Å². The van der Waals surface area contributed by atoms with Crippen molar-refractivity contribution in [2.75, 3.05) is 6.54 Å². The quantitative estimate of drug-likeness (QED) is 0.833. The first kappa shape index (κ1) is 13.7. The van der Waals surface area contributed by atoms with Gasteiger partial charge in [0.05, 0.1) is 6.04 Å². The van der Waals surface area contributed by atoms with Gasteiger partial charge in [-0.05, 0) is 19.4 Å². The van der Waals surface area contributed by atoms with Crippen molar-refractivity contribution < 1.29 is 4.79 Å². The molecule has 0 aromatic heterocycles. The van der Waals surface area contributed by atoms with Crippen LogP contribution >= 0.6 is 0 Å². The summed E-state index contributed by atoms with van der Waals surface area (Å²) in [7, 11) is 0. The van der Waals surface area contributed by atoms with Gasteiger partial charge in [0, 0.05) is 12.0 Å². The molecule has 0 heterocycles. The summed E-state index contributed by atoms with van der Waals surface area (Å²) in [5, 5.41) is 2.87. The van der Waals surface area contributed by atoms with E-state index in [-0.39, 0.29) is 11.3 Å². The number of rotatable bonds is 4. The van der Waals surface area contributed by atoms with E-state index in [2.05, 4.69) is 50.4 Å². The lowest BCUT2D eigenvalue weighted by atomic mass is 9.84. The summed E-state index contributed by atoms with van der Waals surface area (Å²) in [5.41, 5.74) is 7.88. The molecule has 1 amide bonds. The van der Waals surface area contributed by atoms with E-state index in [0.717, 1.165) is 0 Å². The molecule has 0 unspecified atom stereocenters. The number of carbonyl (C=O) groups excluding carboxylic acids is 1. The minimum absolute atomic E-state index is 0.0851. The molecule has 0 aliphatic rings. The molecule has 17 heavy (non-hydrogen) atoms. The fourth-order valence-corrected chi connectivity index (χ4v) is 1.58. The second kappa shape index (κ2) is 5.32. The lowest BCUT2D eigenvalue weighted by molar-refractivity contribution is -0.122. The predicted molar refractivity (Wildman–Crippen MR) is 70.9 cm³/mol. The lowest BCUT2D eigenvalue weighted by Gasteiger charge is -2.26. The Kier molecular flexibility index (Phi) is 4.29. The van der Waals surface area contributed by atoms with Gasteiger partial charge >= 0.3 is 0 Å². The Morgan fingerprint density at radius 3 is 2.35 bits per heavy atom. The van der Waals surface area contributed by atoms with Crippen LogP contribution in [0.25, 0.3) is 0 Å². The summed E-state index contributed by atoms with van der Waals surface area (Å²) >= 11 is 0. The van der Waals surface area contributed by atoms with Crippen molar-refractivity contribution >= 4 is 5.91 Å². The third kappa shape index (κ3) is 3.86. The minimum Gasteiger partial charge on any atom is -0.354 e. The van der Waals surface area contributed by atoms with Crippen LogP contribution in [0.15, 0.2) is 24.3 Å². The summed E-state index contributed by atoms with van der Waals surface area (Å²) < 4.78 is 0. The van der Waals surface area contributed by atoms with Gasteiger partial charge in [-0.25, -0.2) is 0 Å². The standard InChI is InChI=1S/C14H22N2O/c1-10-5-7-12(8-6-10)14(3,4)9-16-13(17)11(2)15/h5-8,11H,9,15H2,1-4H3,(H,16,17)/t11-/m0/s1. The van der Waals surface area contributed by atoms with Gasteiger partial charge in [0.15, 0.2) is 0 Å². The summed E-state index contributed by atoms with van der Waals surface area (Å²) in [6.45, 7) is 8.57. The maximum absolute atomic E-state index is 11.4. The van der Waals surface area contributed by atoms with E-state index in [4.69, 9.17) is 5.73 Å². The molecule has 3 N–H and O–H groups in total. The highest BCUT2D eigenvalue weighted by Gasteiger charge is 2.21. The van der Waals surface area contributed by atoms with E-state index >= 15 is 0 Å².